The van der Waals surface area contributed by atoms with E-state index in [9.17, 15) is 4.79 Å². The van der Waals surface area contributed by atoms with Crippen molar-refractivity contribution in [1.29, 1.82) is 0 Å². The van der Waals surface area contributed by atoms with Gasteiger partial charge in [-0.15, -0.1) is 0 Å². The summed E-state index contributed by atoms with van der Waals surface area (Å²) < 4.78 is 0.820. The Hall–Kier alpha value is -1.42. The van der Waals surface area contributed by atoms with Crippen molar-refractivity contribution in [2.45, 2.75) is 6.92 Å². The maximum atomic E-state index is 10.7. The summed E-state index contributed by atoms with van der Waals surface area (Å²) in [6.45, 7) is 1.98. The molecule has 0 aliphatic carbocycles. The van der Waals surface area contributed by atoms with E-state index in [2.05, 4.69) is 20.9 Å². The Labute approximate surface area is 94.9 Å². The van der Waals surface area contributed by atoms with Crippen molar-refractivity contribution in [2.75, 3.05) is 0 Å². The predicted molar refractivity (Wildman–Crippen MR) is 61.1 cm³/mol. The monoisotopic (exact) mass is 265 g/mol. The summed E-state index contributed by atoms with van der Waals surface area (Å²) in [4.78, 5) is 14.8. The molecule has 0 aliphatic heterocycles. The minimum atomic E-state index is -1.01. The van der Waals surface area contributed by atoms with E-state index < -0.39 is 5.97 Å². The highest BCUT2D eigenvalue weighted by Gasteiger charge is 2.07. The molecule has 3 nitrogen and oxygen atoms in total. The lowest BCUT2D eigenvalue weighted by atomic mass is 10.1. The second kappa shape index (κ2) is 3.62. The first kappa shape index (κ1) is 10.1. The molecule has 1 aromatic heterocycles. The minimum absolute atomic E-state index is 0.0621. The third-order valence-corrected chi connectivity index (χ3v) is 2.71. The van der Waals surface area contributed by atoms with E-state index in [0.29, 0.717) is 5.52 Å². The van der Waals surface area contributed by atoms with Gasteiger partial charge in [0.1, 0.15) is 5.69 Å². The van der Waals surface area contributed by atoms with Crippen LogP contribution in [0.3, 0.4) is 0 Å². The summed E-state index contributed by atoms with van der Waals surface area (Å²) in [5.74, 6) is -1.01. The van der Waals surface area contributed by atoms with Gasteiger partial charge in [-0.3, -0.25) is 0 Å². The standard InChI is InChI=1S/C11H8BrNO2/c1-6-4-7-2-3-9(11(14)15)13-10(7)8(12)5-6/h2-5H,1H3,(H,14,15). The number of hydrogen-bond donors (Lipinski definition) is 1. The van der Waals surface area contributed by atoms with Crippen molar-refractivity contribution >= 4 is 32.8 Å². The summed E-state index contributed by atoms with van der Waals surface area (Å²) in [7, 11) is 0. The first-order valence-electron chi connectivity index (χ1n) is 4.38. The average molecular weight is 266 g/mol. The Morgan fingerprint density at radius 3 is 2.80 bits per heavy atom. The van der Waals surface area contributed by atoms with Crippen LogP contribution in [-0.2, 0) is 0 Å². The number of fused-ring (bicyclic) bond motifs is 1. The van der Waals surface area contributed by atoms with Crippen LogP contribution >= 0.6 is 15.9 Å². The molecule has 1 heterocycles. The molecular formula is C11H8BrNO2. The lowest BCUT2D eigenvalue weighted by Gasteiger charge is -2.03. The third kappa shape index (κ3) is 1.85. The van der Waals surface area contributed by atoms with Crippen LogP contribution in [0.1, 0.15) is 16.1 Å². The highest BCUT2D eigenvalue weighted by Crippen LogP contribution is 2.24. The Balaban J connectivity index is 2.76. The maximum Gasteiger partial charge on any atom is 0.354 e. The quantitative estimate of drug-likeness (QED) is 0.863. The van der Waals surface area contributed by atoms with E-state index in [0.717, 1.165) is 15.4 Å². The molecule has 15 heavy (non-hydrogen) atoms. The van der Waals surface area contributed by atoms with Crippen molar-refractivity contribution in [3.05, 3.63) is 40.0 Å². The number of nitrogens with zero attached hydrogens (tertiary/aromatic N) is 1. The fourth-order valence-corrected chi connectivity index (χ4v) is 2.13. The second-order valence-electron chi connectivity index (χ2n) is 3.32. The summed E-state index contributed by atoms with van der Waals surface area (Å²) in [5, 5.41) is 9.75. The van der Waals surface area contributed by atoms with E-state index in [1.165, 1.54) is 6.07 Å². The van der Waals surface area contributed by atoms with Gasteiger partial charge >= 0.3 is 5.97 Å². The fourth-order valence-electron chi connectivity index (χ4n) is 1.45. The van der Waals surface area contributed by atoms with Gasteiger partial charge in [-0.05, 0) is 46.6 Å². The summed E-state index contributed by atoms with van der Waals surface area (Å²) in [6, 6.07) is 7.17. The van der Waals surface area contributed by atoms with Crippen LogP contribution in [-0.4, -0.2) is 16.1 Å². The van der Waals surface area contributed by atoms with Crippen molar-refractivity contribution in [3.8, 4) is 0 Å². The Morgan fingerprint density at radius 2 is 2.13 bits per heavy atom. The number of aryl methyl sites for hydroxylation is 1. The number of benzene rings is 1. The van der Waals surface area contributed by atoms with Gasteiger partial charge in [-0.2, -0.15) is 0 Å². The molecule has 0 spiro atoms. The SMILES string of the molecule is Cc1cc(Br)c2nc(C(=O)O)ccc2c1. The highest BCUT2D eigenvalue weighted by atomic mass is 79.9. The lowest BCUT2D eigenvalue weighted by Crippen LogP contribution is -2.00. The van der Waals surface area contributed by atoms with Crippen LogP contribution in [0.5, 0.6) is 0 Å². The molecule has 0 saturated carbocycles. The molecule has 1 N–H and O–H groups in total. The van der Waals surface area contributed by atoms with Gasteiger partial charge in [0, 0.05) is 9.86 Å². The molecule has 0 aliphatic rings. The topological polar surface area (TPSA) is 50.2 Å². The molecule has 0 atom stereocenters. The number of pyridine rings is 1. The summed E-state index contributed by atoms with van der Waals surface area (Å²) in [6.07, 6.45) is 0. The maximum absolute atomic E-state index is 10.7. The summed E-state index contributed by atoms with van der Waals surface area (Å²) in [5.41, 5.74) is 1.85. The lowest BCUT2D eigenvalue weighted by molar-refractivity contribution is 0.0691. The second-order valence-corrected chi connectivity index (χ2v) is 4.17. The molecule has 0 unspecified atom stereocenters. The number of aromatic carboxylic acids is 1. The number of rotatable bonds is 1. The predicted octanol–water partition coefficient (Wildman–Crippen LogP) is 3.00. The van der Waals surface area contributed by atoms with E-state index in [4.69, 9.17) is 5.11 Å². The van der Waals surface area contributed by atoms with E-state index in [1.54, 1.807) is 6.07 Å². The van der Waals surface area contributed by atoms with Gasteiger partial charge in [0.2, 0.25) is 0 Å². The molecule has 2 rings (SSSR count). The molecule has 76 valence electrons. The molecule has 0 radical (unpaired) electrons. The molecule has 4 heteroatoms. The Morgan fingerprint density at radius 1 is 1.40 bits per heavy atom. The van der Waals surface area contributed by atoms with Gasteiger partial charge in [0.05, 0.1) is 5.52 Å². The first-order valence-corrected chi connectivity index (χ1v) is 5.17. The van der Waals surface area contributed by atoms with Crippen molar-refractivity contribution in [1.82, 2.24) is 4.98 Å². The number of carbonyl (C=O) groups is 1. The Bertz CT molecular complexity index is 552. The summed E-state index contributed by atoms with van der Waals surface area (Å²) >= 11 is 3.38. The molecule has 0 bridgehead atoms. The van der Waals surface area contributed by atoms with Crippen LogP contribution in [0.15, 0.2) is 28.7 Å². The van der Waals surface area contributed by atoms with Gasteiger partial charge < -0.3 is 5.11 Å². The number of hydrogen-bond acceptors (Lipinski definition) is 2. The van der Waals surface area contributed by atoms with Crippen LogP contribution in [0.4, 0.5) is 0 Å². The van der Waals surface area contributed by atoms with E-state index >= 15 is 0 Å². The fraction of sp³-hybridized carbons (Fsp3) is 0.0909. The Kier molecular flexibility index (Phi) is 2.44. The first-order chi connectivity index (χ1) is 7.08. The third-order valence-electron chi connectivity index (χ3n) is 2.11. The van der Waals surface area contributed by atoms with E-state index in [1.807, 2.05) is 19.1 Å². The van der Waals surface area contributed by atoms with Crippen molar-refractivity contribution < 1.29 is 9.90 Å². The zero-order chi connectivity index (χ0) is 11.0. The molecular weight excluding hydrogens is 258 g/mol. The molecule has 1 aromatic carbocycles. The van der Waals surface area contributed by atoms with Gasteiger partial charge in [-0.1, -0.05) is 6.07 Å². The van der Waals surface area contributed by atoms with E-state index in [-0.39, 0.29) is 5.69 Å². The molecule has 2 aromatic rings. The molecule has 0 amide bonds. The minimum Gasteiger partial charge on any atom is -0.477 e. The number of carboxylic acid groups (broad SMARTS) is 1. The number of aromatic nitrogens is 1. The van der Waals surface area contributed by atoms with Crippen molar-refractivity contribution in [2.24, 2.45) is 0 Å². The number of halogens is 1. The van der Waals surface area contributed by atoms with Crippen LogP contribution in [0.2, 0.25) is 0 Å². The average Bonchev–Trinajstić information content (AvgIpc) is 2.16. The van der Waals surface area contributed by atoms with Gasteiger partial charge in [-0.25, -0.2) is 9.78 Å². The normalized spacial score (nSPS) is 10.5. The van der Waals surface area contributed by atoms with Crippen LogP contribution < -0.4 is 0 Å². The smallest absolute Gasteiger partial charge is 0.354 e. The molecule has 0 fully saturated rings. The zero-order valence-corrected chi connectivity index (χ0v) is 9.58. The van der Waals surface area contributed by atoms with Crippen LogP contribution in [0, 0.1) is 6.92 Å². The largest absolute Gasteiger partial charge is 0.477 e. The highest BCUT2D eigenvalue weighted by molar-refractivity contribution is 9.10. The number of carboxylic acids is 1. The van der Waals surface area contributed by atoms with Crippen molar-refractivity contribution in [3.63, 3.8) is 0 Å². The van der Waals surface area contributed by atoms with Crippen LogP contribution in [0.25, 0.3) is 10.9 Å². The molecule has 0 saturated heterocycles. The zero-order valence-electron chi connectivity index (χ0n) is 7.99. The van der Waals surface area contributed by atoms with Gasteiger partial charge in [0.15, 0.2) is 0 Å². The van der Waals surface area contributed by atoms with Gasteiger partial charge in [0.25, 0.3) is 0 Å².